The van der Waals surface area contributed by atoms with Crippen molar-refractivity contribution < 1.29 is 14.6 Å². The zero-order valence-corrected chi connectivity index (χ0v) is 11.8. The Hall–Kier alpha value is -0.900. The molecule has 1 aromatic carbocycles. The second-order valence-corrected chi connectivity index (χ2v) is 5.19. The minimum Gasteiger partial charge on any atom is -0.394 e. The van der Waals surface area contributed by atoms with Crippen molar-refractivity contribution in [2.45, 2.75) is 50.9 Å². The van der Waals surface area contributed by atoms with Gasteiger partial charge < -0.3 is 14.6 Å². The highest BCUT2D eigenvalue weighted by Gasteiger charge is 2.36. The van der Waals surface area contributed by atoms with Gasteiger partial charge in [-0.15, -0.1) is 0 Å². The predicted molar refractivity (Wildman–Crippen MR) is 75.0 cm³/mol. The first-order valence-electron chi connectivity index (χ1n) is 7.20. The molecule has 1 heterocycles. The molecule has 0 aliphatic carbocycles. The lowest BCUT2D eigenvalue weighted by Crippen LogP contribution is -2.37. The summed E-state index contributed by atoms with van der Waals surface area (Å²) in [6.07, 6.45) is 2.28. The summed E-state index contributed by atoms with van der Waals surface area (Å²) in [4.78, 5) is 0. The molecule has 1 fully saturated rings. The van der Waals surface area contributed by atoms with E-state index in [1.54, 1.807) is 0 Å². The van der Waals surface area contributed by atoms with Gasteiger partial charge in [0.05, 0.1) is 19.3 Å². The Labute approximate surface area is 115 Å². The molecule has 0 amide bonds. The van der Waals surface area contributed by atoms with Crippen molar-refractivity contribution in [3.8, 4) is 0 Å². The summed E-state index contributed by atoms with van der Waals surface area (Å²) in [6, 6.07) is 10.3. The number of hydrogen-bond donors (Lipinski definition) is 1. The molecule has 3 heteroatoms. The van der Waals surface area contributed by atoms with Gasteiger partial charge in [0.1, 0.15) is 0 Å². The predicted octanol–water partition coefficient (Wildman–Crippen LogP) is 3.08. The summed E-state index contributed by atoms with van der Waals surface area (Å²) < 4.78 is 12.1. The standard InChI is InChI=1S/C16H24O3/c1-3-16(4-2)18-12-14(10-15(11-17)19-16)13-8-6-5-7-9-13/h5-9,14-15,17H,3-4,10-12H2,1-2H3/t14?,15-/m1/s1. The zero-order valence-electron chi connectivity index (χ0n) is 11.8. The first kappa shape index (κ1) is 14.5. The largest absolute Gasteiger partial charge is 0.394 e. The van der Waals surface area contributed by atoms with Crippen LogP contribution in [-0.2, 0) is 9.47 Å². The van der Waals surface area contributed by atoms with E-state index >= 15 is 0 Å². The molecular weight excluding hydrogens is 240 g/mol. The molecule has 2 rings (SSSR count). The van der Waals surface area contributed by atoms with Gasteiger partial charge in [-0.2, -0.15) is 0 Å². The molecule has 1 aliphatic heterocycles. The van der Waals surface area contributed by atoms with Crippen molar-refractivity contribution >= 4 is 0 Å². The number of aliphatic hydroxyl groups excluding tert-OH is 1. The summed E-state index contributed by atoms with van der Waals surface area (Å²) in [5.74, 6) is -0.241. The van der Waals surface area contributed by atoms with Gasteiger partial charge in [-0.3, -0.25) is 0 Å². The van der Waals surface area contributed by atoms with Crippen LogP contribution in [0.2, 0.25) is 0 Å². The second-order valence-electron chi connectivity index (χ2n) is 5.19. The van der Waals surface area contributed by atoms with Gasteiger partial charge in [-0.25, -0.2) is 0 Å². The molecule has 0 spiro atoms. The minimum absolute atomic E-state index is 0.0500. The van der Waals surface area contributed by atoms with Crippen LogP contribution in [0, 0.1) is 0 Å². The van der Waals surface area contributed by atoms with Crippen LogP contribution in [0.1, 0.15) is 44.6 Å². The quantitative estimate of drug-likeness (QED) is 0.908. The smallest absolute Gasteiger partial charge is 0.168 e. The van der Waals surface area contributed by atoms with Crippen molar-refractivity contribution in [1.29, 1.82) is 0 Å². The van der Waals surface area contributed by atoms with E-state index in [-0.39, 0.29) is 12.7 Å². The Morgan fingerprint density at radius 3 is 2.47 bits per heavy atom. The van der Waals surface area contributed by atoms with Crippen LogP contribution in [0.15, 0.2) is 30.3 Å². The number of ether oxygens (including phenoxy) is 2. The molecule has 1 saturated heterocycles. The Morgan fingerprint density at radius 2 is 1.89 bits per heavy atom. The second kappa shape index (κ2) is 6.51. The molecule has 1 N–H and O–H groups in total. The summed E-state index contributed by atoms with van der Waals surface area (Å²) >= 11 is 0. The van der Waals surface area contributed by atoms with Crippen molar-refractivity contribution in [3.05, 3.63) is 35.9 Å². The third kappa shape index (κ3) is 3.35. The average molecular weight is 264 g/mol. The van der Waals surface area contributed by atoms with Crippen LogP contribution in [0.4, 0.5) is 0 Å². The highest BCUT2D eigenvalue weighted by Crippen LogP contribution is 2.34. The van der Waals surface area contributed by atoms with E-state index in [0.717, 1.165) is 19.3 Å². The fourth-order valence-electron chi connectivity index (χ4n) is 2.71. The van der Waals surface area contributed by atoms with Crippen molar-refractivity contribution in [3.63, 3.8) is 0 Å². The van der Waals surface area contributed by atoms with Crippen LogP contribution < -0.4 is 0 Å². The first-order valence-corrected chi connectivity index (χ1v) is 7.20. The van der Waals surface area contributed by atoms with Gasteiger partial charge in [-0.1, -0.05) is 44.2 Å². The molecule has 19 heavy (non-hydrogen) atoms. The minimum atomic E-state index is -0.531. The third-order valence-corrected chi connectivity index (χ3v) is 4.03. The summed E-state index contributed by atoms with van der Waals surface area (Å²) in [5.41, 5.74) is 1.26. The Morgan fingerprint density at radius 1 is 1.21 bits per heavy atom. The van der Waals surface area contributed by atoms with E-state index in [1.165, 1.54) is 5.56 Å². The van der Waals surface area contributed by atoms with Gasteiger partial charge in [-0.05, 0) is 24.8 Å². The molecule has 1 aromatic rings. The lowest BCUT2D eigenvalue weighted by Gasteiger charge is -2.32. The third-order valence-electron chi connectivity index (χ3n) is 4.03. The fourth-order valence-corrected chi connectivity index (χ4v) is 2.71. The number of benzene rings is 1. The zero-order chi connectivity index (χ0) is 13.7. The van der Waals surface area contributed by atoms with E-state index in [0.29, 0.717) is 12.5 Å². The molecule has 0 aromatic heterocycles. The number of aliphatic hydroxyl groups is 1. The van der Waals surface area contributed by atoms with Crippen LogP contribution in [-0.4, -0.2) is 30.2 Å². The summed E-state index contributed by atoms with van der Waals surface area (Å²) in [6.45, 7) is 4.85. The van der Waals surface area contributed by atoms with E-state index in [1.807, 2.05) is 18.2 Å². The van der Waals surface area contributed by atoms with E-state index < -0.39 is 5.79 Å². The monoisotopic (exact) mass is 264 g/mol. The maximum atomic E-state index is 9.52. The molecule has 106 valence electrons. The van der Waals surface area contributed by atoms with E-state index in [4.69, 9.17) is 9.47 Å². The lowest BCUT2D eigenvalue weighted by atomic mass is 9.94. The van der Waals surface area contributed by atoms with Crippen molar-refractivity contribution in [2.24, 2.45) is 0 Å². The van der Waals surface area contributed by atoms with Crippen LogP contribution in [0.3, 0.4) is 0 Å². The van der Waals surface area contributed by atoms with Gasteiger partial charge in [0, 0.05) is 5.92 Å². The Balaban J connectivity index is 2.17. The molecule has 1 aliphatic rings. The van der Waals surface area contributed by atoms with E-state index in [9.17, 15) is 5.11 Å². The number of rotatable bonds is 4. The van der Waals surface area contributed by atoms with Gasteiger partial charge in [0.15, 0.2) is 5.79 Å². The van der Waals surface area contributed by atoms with Crippen LogP contribution in [0.5, 0.6) is 0 Å². The number of hydrogen-bond acceptors (Lipinski definition) is 3. The Kier molecular flexibility index (Phi) is 4.97. The normalized spacial score (nSPS) is 26.9. The van der Waals surface area contributed by atoms with Gasteiger partial charge in [0.2, 0.25) is 0 Å². The highest BCUT2D eigenvalue weighted by atomic mass is 16.7. The van der Waals surface area contributed by atoms with Crippen molar-refractivity contribution in [2.75, 3.05) is 13.2 Å². The first-order chi connectivity index (χ1) is 9.23. The lowest BCUT2D eigenvalue weighted by molar-refractivity contribution is -0.253. The van der Waals surface area contributed by atoms with Crippen LogP contribution >= 0.6 is 0 Å². The molecule has 3 nitrogen and oxygen atoms in total. The van der Waals surface area contributed by atoms with Crippen LogP contribution in [0.25, 0.3) is 0 Å². The van der Waals surface area contributed by atoms with E-state index in [2.05, 4.69) is 26.0 Å². The Bertz CT molecular complexity index is 373. The molecule has 0 bridgehead atoms. The van der Waals surface area contributed by atoms with Crippen molar-refractivity contribution in [1.82, 2.24) is 0 Å². The summed E-state index contributed by atoms with van der Waals surface area (Å²) in [5, 5.41) is 9.52. The van der Waals surface area contributed by atoms with Gasteiger partial charge >= 0.3 is 0 Å². The maximum Gasteiger partial charge on any atom is 0.168 e. The maximum absolute atomic E-state index is 9.52. The van der Waals surface area contributed by atoms with Gasteiger partial charge in [0.25, 0.3) is 0 Å². The molecular formula is C16H24O3. The topological polar surface area (TPSA) is 38.7 Å². The molecule has 0 saturated carbocycles. The average Bonchev–Trinajstić information content (AvgIpc) is 2.68. The molecule has 1 unspecified atom stereocenters. The SMILES string of the molecule is CCC1(CC)OCC(c2ccccc2)C[C@H](CO)O1. The molecule has 2 atom stereocenters. The summed E-state index contributed by atoms with van der Waals surface area (Å²) in [7, 11) is 0. The highest BCUT2D eigenvalue weighted by molar-refractivity contribution is 5.20. The fraction of sp³-hybridized carbons (Fsp3) is 0.625. The molecule has 0 radical (unpaired) electrons.